The zero-order valence-electron chi connectivity index (χ0n) is 20.9. The fourth-order valence-electron chi connectivity index (χ4n) is 3.31. The number of benzene rings is 2. The number of alkyl halides is 1. The van der Waals surface area contributed by atoms with Gasteiger partial charge in [-0.3, -0.25) is 4.79 Å². The van der Waals surface area contributed by atoms with E-state index < -0.39 is 27.5 Å². The summed E-state index contributed by atoms with van der Waals surface area (Å²) in [7, 11) is -3.23. The first kappa shape index (κ1) is 30.5. The fourth-order valence-corrected chi connectivity index (χ4v) is 4.64. The third-order valence-electron chi connectivity index (χ3n) is 5.44. The van der Waals surface area contributed by atoms with Gasteiger partial charge in [0, 0.05) is 24.8 Å². The van der Waals surface area contributed by atoms with Crippen molar-refractivity contribution < 1.29 is 27.4 Å². The molecule has 0 aliphatic carbocycles. The number of nitrogens with one attached hydrogen (secondary N) is 1. The normalized spacial score (nSPS) is 13.7. The zero-order chi connectivity index (χ0) is 27.1. The smallest absolute Gasteiger partial charge is 0.303 e. The molecule has 1 N–H and O–H groups in total. The lowest BCUT2D eigenvalue weighted by molar-refractivity contribution is -0.146. The van der Waals surface area contributed by atoms with Crippen LogP contribution >= 0.6 is 34.8 Å². The molecule has 0 aromatic heterocycles. The maximum atomic E-state index is 11.2. The first-order valence-corrected chi connectivity index (χ1v) is 14.4. The highest BCUT2D eigenvalue weighted by Crippen LogP contribution is 2.40. The van der Waals surface area contributed by atoms with Gasteiger partial charge in [-0.2, -0.15) is 0 Å². The molecule has 0 heterocycles. The predicted octanol–water partition coefficient (Wildman–Crippen LogP) is 5.43. The van der Waals surface area contributed by atoms with Crippen molar-refractivity contribution in [3.63, 3.8) is 0 Å². The van der Waals surface area contributed by atoms with Gasteiger partial charge >= 0.3 is 5.97 Å². The molecule has 7 nitrogen and oxygen atoms in total. The third-order valence-corrected chi connectivity index (χ3v) is 7.04. The Morgan fingerprint density at radius 1 is 1.03 bits per heavy atom. The van der Waals surface area contributed by atoms with Crippen molar-refractivity contribution in [3.05, 3.63) is 57.6 Å². The number of esters is 1. The highest BCUT2D eigenvalue weighted by atomic mass is 35.5. The van der Waals surface area contributed by atoms with Gasteiger partial charge in [0.2, 0.25) is 10.0 Å². The van der Waals surface area contributed by atoms with E-state index in [-0.39, 0.29) is 18.4 Å². The summed E-state index contributed by atoms with van der Waals surface area (Å²) in [6.07, 6.45) is 0.511. The Kier molecular flexibility index (Phi) is 11.2. The van der Waals surface area contributed by atoms with Gasteiger partial charge in [-0.25, -0.2) is 13.1 Å². The third kappa shape index (κ3) is 9.30. The number of sulfonamides is 1. The van der Waals surface area contributed by atoms with Gasteiger partial charge in [-0.15, -0.1) is 11.6 Å². The summed E-state index contributed by atoms with van der Waals surface area (Å²) in [5.41, 5.74) is 1.46. The lowest BCUT2D eigenvalue weighted by Crippen LogP contribution is -2.29. The van der Waals surface area contributed by atoms with Crippen LogP contribution in [0, 0.1) is 5.92 Å². The first-order chi connectivity index (χ1) is 16.7. The van der Waals surface area contributed by atoms with E-state index in [0.29, 0.717) is 34.7 Å². The minimum atomic E-state index is -3.23. The highest BCUT2D eigenvalue weighted by molar-refractivity contribution is 7.88. The number of rotatable bonds is 13. The molecule has 0 unspecified atom stereocenters. The molecule has 36 heavy (non-hydrogen) atoms. The van der Waals surface area contributed by atoms with Crippen LogP contribution in [0.25, 0.3) is 0 Å². The van der Waals surface area contributed by atoms with Crippen LogP contribution in [-0.4, -0.2) is 52.4 Å². The van der Waals surface area contributed by atoms with Crippen molar-refractivity contribution in [1.29, 1.82) is 0 Å². The molecule has 0 spiro atoms. The second-order valence-corrected chi connectivity index (χ2v) is 12.1. The van der Waals surface area contributed by atoms with Gasteiger partial charge in [0.1, 0.15) is 18.5 Å². The molecule has 0 bridgehead atoms. The van der Waals surface area contributed by atoms with E-state index in [1.165, 1.54) is 6.92 Å². The summed E-state index contributed by atoms with van der Waals surface area (Å²) in [5, 5.41) is 0.664. The van der Waals surface area contributed by atoms with Crippen molar-refractivity contribution >= 4 is 50.8 Å². The molecule has 200 valence electrons. The van der Waals surface area contributed by atoms with Gasteiger partial charge in [-0.1, -0.05) is 56.1 Å². The molecular formula is C25H32Cl3NO6S. The number of hydrogen-bond donors (Lipinski definition) is 1. The molecule has 2 aromatic rings. The van der Waals surface area contributed by atoms with E-state index in [2.05, 4.69) is 18.6 Å². The van der Waals surface area contributed by atoms with Gasteiger partial charge in [0.25, 0.3) is 0 Å². The number of carbonyl (C=O) groups excluding carboxylic acids is 1. The average molecular weight is 581 g/mol. The number of ether oxygens (including phenoxy) is 3. The van der Waals surface area contributed by atoms with E-state index in [1.54, 1.807) is 12.1 Å². The Morgan fingerprint density at radius 2 is 1.61 bits per heavy atom. The molecule has 0 aliphatic heterocycles. The van der Waals surface area contributed by atoms with Crippen LogP contribution in [0.4, 0.5) is 0 Å². The molecule has 0 aliphatic rings. The van der Waals surface area contributed by atoms with Crippen LogP contribution in [0.5, 0.6) is 11.5 Å². The van der Waals surface area contributed by atoms with Crippen molar-refractivity contribution in [2.45, 2.75) is 39.2 Å². The van der Waals surface area contributed by atoms with Crippen LogP contribution < -0.4 is 14.2 Å². The average Bonchev–Trinajstić information content (AvgIpc) is 2.79. The Balaban J connectivity index is 2.09. The SMILES string of the molecule is CC(=O)O[C@H](CCl)COc1c(Cl)cc(C(C)(C)c2ccc(OC[C@H](C)CNS(C)(=O)=O)cc2)cc1Cl. The summed E-state index contributed by atoms with van der Waals surface area (Å²) >= 11 is 18.8. The molecule has 11 heteroatoms. The fraction of sp³-hybridized carbons (Fsp3) is 0.480. The zero-order valence-corrected chi connectivity index (χ0v) is 24.0. The molecule has 0 radical (unpaired) electrons. The minimum Gasteiger partial charge on any atom is -0.493 e. The molecule has 2 aromatic carbocycles. The van der Waals surface area contributed by atoms with Gasteiger partial charge in [-0.05, 0) is 35.4 Å². The lowest BCUT2D eigenvalue weighted by atomic mass is 9.78. The quantitative estimate of drug-likeness (QED) is 0.251. The Bertz CT molecular complexity index is 1120. The van der Waals surface area contributed by atoms with Crippen molar-refractivity contribution in [2.24, 2.45) is 5.92 Å². The monoisotopic (exact) mass is 579 g/mol. The maximum Gasteiger partial charge on any atom is 0.303 e. The topological polar surface area (TPSA) is 90.9 Å². The number of halogens is 3. The van der Waals surface area contributed by atoms with Crippen LogP contribution in [0.2, 0.25) is 10.0 Å². The van der Waals surface area contributed by atoms with Crippen LogP contribution in [-0.2, 0) is 25.0 Å². The Hall–Kier alpha value is -1.71. The second-order valence-electron chi connectivity index (χ2n) is 9.15. The van der Waals surface area contributed by atoms with Gasteiger partial charge in [0.15, 0.2) is 5.75 Å². The summed E-state index contributed by atoms with van der Waals surface area (Å²) in [6, 6.07) is 11.3. The van der Waals surface area contributed by atoms with E-state index in [0.717, 1.165) is 17.4 Å². The number of carbonyl (C=O) groups is 1. The first-order valence-electron chi connectivity index (χ1n) is 11.3. The summed E-state index contributed by atoms with van der Waals surface area (Å²) in [5.74, 6) is 0.615. The summed E-state index contributed by atoms with van der Waals surface area (Å²) in [6.45, 7) is 8.01. The predicted molar refractivity (Wildman–Crippen MR) is 144 cm³/mol. The maximum absolute atomic E-state index is 11.2. The van der Waals surface area contributed by atoms with Crippen LogP contribution in [0.3, 0.4) is 0 Å². The Morgan fingerprint density at radius 3 is 2.11 bits per heavy atom. The van der Waals surface area contributed by atoms with E-state index in [4.69, 9.17) is 49.0 Å². The highest BCUT2D eigenvalue weighted by Gasteiger charge is 2.26. The number of hydrogen-bond acceptors (Lipinski definition) is 6. The van der Waals surface area contributed by atoms with E-state index in [1.807, 2.05) is 31.2 Å². The second kappa shape index (κ2) is 13.2. The lowest BCUT2D eigenvalue weighted by Gasteiger charge is -2.27. The Labute approximate surface area is 228 Å². The van der Waals surface area contributed by atoms with E-state index >= 15 is 0 Å². The molecule has 0 saturated carbocycles. The van der Waals surface area contributed by atoms with Crippen molar-refractivity contribution in [1.82, 2.24) is 4.72 Å². The summed E-state index contributed by atoms with van der Waals surface area (Å²) < 4.78 is 41.5. The molecule has 0 amide bonds. The molecule has 0 saturated heterocycles. The standard InChI is InChI=1S/C25H32Cl3NO6S/c1-16(13-29-36(5,31)32)14-33-20-8-6-18(7-9-20)25(3,4)19-10-22(27)24(23(28)11-19)34-15-21(12-26)35-17(2)30/h6-11,16,21,29H,12-15H2,1-5H3/t16-,21-/m1/s1. The van der Waals surface area contributed by atoms with Crippen molar-refractivity contribution in [2.75, 3.05) is 31.9 Å². The molecule has 0 fully saturated rings. The van der Waals surface area contributed by atoms with Gasteiger partial charge in [0.05, 0.1) is 28.8 Å². The van der Waals surface area contributed by atoms with Crippen molar-refractivity contribution in [3.8, 4) is 11.5 Å². The van der Waals surface area contributed by atoms with Gasteiger partial charge < -0.3 is 14.2 Å². The largest absolute Gasteiger partial charge is 0.493 e. The van der Waals surface area contributed by atoms with Crippen LogP contribution in [0.15, 0.2) is 36.4 Å². The molecule has 2 atom stereocenters. The van der Waals surface area contributed by atoms with E-state index in [9.17, 15) is 13.2 Å². The summed E-state index contributed by atoms with van der Waals surface area (Å²) in [4.78, 5) is 11.2. The minimum absolute atomic E-state index is 0.00889. The molecular weight excluding hydrogens is 549 g/mol. The molecule has 2 rings (SSSR count). The van der Waals surface area contributed by atoms with Crippen LogP contribution in [0.1, 0.15) is 38.8 Å².